The quantitative estimate of drug-likeness (QED) is 0.810. The minimum absolute atomic E-state index is 0.0971. The van der Waals surface area contributed by atoms with Crippen LogP contribution in [0, 0.1) is 5.92 Å². The number of rotatable bonds is 5. The normalized spacial score (nSPS) is 18.9. The molecular weight excluding hydrogens is 264 g/mol. The van der Waals surface area contributed by atoms with Crippen molar-refractivity contribution in [2.45, 2.75) is 12.8 Å². The molecule has 0 bridgehead atoms. The van der Waals surface area contributed by atoms with Gasteiger partial charge in [0.2, 0.25) is 5.91 Å². The van der Waals surface area contributed by atoms with E-state index in [9.17, 15) is 4.79 Å². The molecule has 0 spiro atoms. The first kappa shape index (κ1) is 14.2. The standard InChI is InChI=1S/C14H19ClN2O2/c15-12-4-1-5-13(9-12)19-8-7-17-14(18)11-3-2-6-16-10-11/h1,4-5,9,11,16H,2-3,6-8,10H2,(H,17,18). The van der Waals surface area contributed by atoms with Crippen LogP contribution in [0.5, 0.6) is 5.75 Å². The Morgan fingerprint density at radius 3 is 3.16 bits per heavy atom. The molecule has 1 amide bonds. The summed E-state index contributed by atoms with van der Waals surface area (Å²) in [5.41, 5.74) is 0. The molecule has 1 unspecified atom stereocenters. The van der Waals surface area contributed by atoms with Gasteiger partial charge in [0.1, 0.15) is 12.4 Å². The van der Waals surface area contributed by atoms with Crippen molar-refractivity contribution in [3.05, 3.63) is 29.3 Å². The first-order valence-corrected chi connectivity index (χ1v) is 7.00. The van der Waals surface area contributed by atoms with Crippen LogP contribution in [-0.4, -0.2) is 32.1 Å². The maximum absolute atomic E-state index is 11.8. The molecule has 1 aliphatic rings. The number of ether oxygens (including phenoxy) is 1. The summed E-state index contributed by atoms with van der Waals surface area (Å²) in [4.78, 5) is 11.8. The number of amides is 1. The van der Waals surface area contributed by atoms with Crippen molar-refractivity contribution in [3.8, 4) is 5.75 Å². The van der Waals surface area contributed by atoms with Gasteiger partial charge in [0.05, 0.1) is 12.5 Å². The summed E-state index contributed by atoms with van der Waals surface area (Å²) in [5, 5.41) is 6.78. The summed E-state index contributed by atoms with van der Waals surface area (Å²) in [7, 11) is 0. The average Bonchev–Trinajstić information content (AvgIpc) is 2.44. The number of hydrogen-bond donors (Lipinski definition) is 2. The smallest absolute Gasteiger partial charge is 0.224 e. The summed E-state index contributed by atoms with van der Waals surface area (Å²) in [6.45, 7) is 2.76. The zero-order chi connectivity index (χ0) is 13.5. The molecule has 1 heterocycles. The van der Waals surface area contributed by atoms with Gasteiger partial charge in [0.15, 0.2) is 0 Å². The average molecular weight is 283 g/mol. The second-order valence-corrected chi connectivity index (χ2v) is 5.08. The van der Waals surface area contributed by atoms with Gasteiger partial charge < -0.3 is 15.4 Å². The summed E-state index contributed by atoms with van der Waals surface area (Å²) >= 11 is 5.85. The van der Waals surface area contributed by atoms with Crippen LogP contribution in [0.1, 0.15) is 12.8 Å². The van der Waals surface area contributed by atoms with E-state index in [0.717, 1.165) is 31.7 Å². The van der Waals surface area contributed by atoms with E-state index in [0.29, 0.717) is 18.2 Å². The molecule has 0 radical (unpaired) electrons. The minimum atomic E-state index is 0.0971. The maximum Gasteiger partial charge on any atom is 0.224 e. The molecule has 1 fully saturated rings. The first-order valence-electron chi connectivity index (χ1n) is 6.62. The molecule has 5 heteroatoms. The summed E-state index contributed by atoms with van der Waals surface area (Å²) in [6.07, 6.45) is 2.03. The summed E-state index contributed by atoms with van der Waals surface area (Å²) in [5.74, 6) is 0.933. The number of piperidine rings is 1. The zero-order valence-corrected chi connectivity index (χ0v) is 11.6. The Balaban J connectivity index is 1.65. The van der Waals surface area contributed by atoms with E-state index < -0.39 is 0 Å². The van der Waals surface area contributed by atoms with Gasteiger partial charge in [0, 0.05) is 11.6 Å². The van der Waals surface area contributed by atoms with E-state index >= 15 is 0 Å². The van der Waals surface area contributed by atoms with Crippen molar-refractivity contribution in [1.82, 2.24) is 10.6 Å². The third-order valence-corrected chi connectivity index (χ3v) is 3.37. The molecule has 2 rings (SSSR count). The van der Waals surface area contributed by atoms with Crippen LogP contribution in [-0.2, 0) is 4.79 Å². The Kier molecular flexibility index (Phi) is 5.48. The molecular formula is C14H19ClN2O2. The lowest BCUT2D eigenvalue weighted by Crippen LogP contribution is -2.41. The van der Waals surface area contributed by atoms with Crippen molar-refractivity contribution in [1.29, 1.82) is 0 Å². The van der Waals surface area contributed by atoms with Crippen LogP contribution in [0.3, 0.4) is 0 Å². The second-order valence-electron chi connectivity index (χ2n) is 4.64. The number of nitrogens with one attached hydrogen (secondary N) is 2. The largest absolute Gasteiger partial charge is 0.492 e. The lowest BCUT2D eigenvalue weighted by Gasteiger charge is -2.21. The predicted molar refractivity (Wildman–Crippen MR) is 75.6 cm³/mol. The molecule has 4 nitrogen and oxygen atoms in total. The molecule has 19 heavy (non-hydrogen) atoms. The van der Waals surface area contributed by atoms with Crippen LogP contribution in [0.25, 0.3) is 0 Å². The Morgan fingerprint density at radius 2 is 2.42 bits per heavy atom. The first-order chi connectivity index (χ1) is 9.25. The van der Waals surface area contributed by atoms with E-state index in [1.807, 2.05) is 12.1 Å². The van der Waals surface area contributed by atoms with Crippen LogP contribution in [0.15, 0.2) is 24.3 Å². The molecule has 2 N–H and O–H groups in total. The Morgan fingerprint density at radius 1 is 1.53 bits per heavy atom. The van der Waals surface area contributed by atoms with Gasteiger partial charge in [-0.3, -0.25) is 4.79 Å². The number of benzene rings is 1. The topological polar surface area (TPSA) is 50.4 Å². The molecule has 1 aliphatic heterocycles. The van der Waals surface area contributed by atoms with Crippen LogP contribution in [0.4, 0.5) is 0 Å². The highest BCUT2D eigenvalue weighted by Gasteiger charge is 2.20. The maximum atomic E-state index is 11.8. The monoisotopic (exact) mass is 282 g/mol. The number of hydrogen-bond acceptors (Lipinski definition) is 3. The molecule has 1 atom stereocenters. The molecule has 0 aliphatic carbocycles. The lowest BCUT2D eigenvalue weighted by atomic mass is 9.99. The molecule has 0 aromatic heterocycles. The van der Waals surface area contributed by atoms with E-state index in [-0.39, 0.29) is 11.8 Å². The Hall–Kier alpha value is -1.26. The van der Waals surface area contributed by atoms with Crippen molar-refractivity contribution >= 4 is 17.5 Å². The number of halogens is 1. The molecule has 104 valence electrons. The van der Waals surface area contributed by atoms with Crippen LogP contribution in [0.2, 0.25) is 5.02 Å². The van der Waals surface area contributed by atoms with Gasteiger partial charge in [0.25, 0.3) is 0 Å². The van der Waals surface area contributed by atoms with Gasteiger partial charge in [-0.15, -0.1) is 0 Å². The van der Waals surface area contributed by atoms with Crippen molar-refractivity contribution < 1.29 is 9.53 Å². The van der Waals surface area contributed by atoms with Gasteiger partial charge in [-0.1, -0.05) is 17.7 Å². The fourth-order valence-electron chi connectivity index (χ4n) is 2.12. The van der Waals surface area contributed by atoms with E-state index in [4.69, 9.17) is 16.3 Å². The van der Waals surface area contributed by atoms with Crippen molar-refractivity contribution in [2.75, 3.05) is 26.2 Å². The minimum Gasteiger partial charge on any atom is -0.492 e. The lowest BCUT2D eigenvalue weighted by molar-refractivity contribution is -0.125. The highest BCUT2D eigenvalue weighted by atomic mass is 35.5. The van der Waals surface area contributed by atoms with Gasteiger partial charge in [-0.2, -0.15) is 0 Å². The van der Waals surface area contributed by atoms with Gasteiger partial charge in [-0.25, -0.2) is 0 Å². The zero-order valence-electron chi connectivity index (χ0n) is 10.8. The molecule has 1 aromatic carbocycles. The molecule has 1 saturated heterocycles. The van der Waals surface area contributed by atoms with Crippen molar-refractivity contribution in [3.63, 3.8) is 0 Å². The third kappa shape index (κ3) is 4.73. The summed E-state index contributed by atoms with van der Waals surface area (Å²) < 4.78 is 5.51. The van der Waals surface area contributed by atoms with Gasteiger partial charge >= 0.3 is 0 Å². The summed E-state index contributed by atoms with van der Waals surface area (Å²) in [6, 6.07) is 7.24. The van der Waals surface area contributed by atoms with Gasteiger partial charge in [-0.05, 0) is 37.6 Å². The highest BCUT2D eigenvalue weighted by molar-refractivity contribution is 6.30. The Labute approximate surface area is 118 Å². The Bertz CT molecular complexity index is 420. The van der Waals surface area contributed by atoms with Crippen LogP contribution < -0.4 is 15.4 Å². The predicted octanol–water partition coefficient (Wildman–Crippen LogP) is 1.83. The fourth-order valence-corrected chi connectivity index (χ4v) is 2.30. The van der Waals surface area contributed by atoms with E-state index in [1.54, 1.807) is 12.1 Å². The van der Waals surface area contributed by atoms with E-state index in [1.165, 1.54) is 0 Å². The molecule has 1 aromatic rings. The number of carbonyl (C=O) groups is 1. The fraction of sp³-hybridized carbons (Fsp3) is 0.500. The second kappa shape index (κ2) is 7.36. The SMILES string of the molecule is O=C(NCCOc1cccc(Cl)c1)C1CCCNC1. The van der Waals surface area contributed by atoms with Crippen molar-refractivity contribution in [2.24, 2.45) is 5.92 Å². The van der Waals surface area contributed by atoms with Crippen LogP contribution >= 0.6 is 11.6 Å². The molecule has 0 saturated carbocycles. The number of carbonyl (C=O) groups excluding carboxylic acids is 1. The third-order valence-electron chi connectivity index (χ3n) is 3.13. The highest BCUT2D eigenvalue weighted by Crippen LogP contribution is 2.16. The van der Waals surface area contributed by atoms with E-state index in [2.05, 4.69) is 10.6 Å².